The van der Waals surface area contributed by atoms with Gasteiger partial charge < -0.3 is 21.1 Å². The second kappa shape index (κ2) is 7.60. The second-order valence-corrected chi connectivity index (χ2v) is 4.83. The first-order chi connectivity index (χ1) is 8.99. The number of hydrogen-bond donors (Lipinski definition) is 3. The Balaban J connectivity index is 2.18. The molecule has 0 aromatic carbocycles. The number of hydrogen-bond acceptors (Lipinski definition) is 3. The van der Waals surface area contributed by atoms with Gasteiger partial charge in [0.05, 0.1) is 0 Å². The Morgan fingerprint density at radius 2 is 1.89 bits per heavy atom. The molecule has 19 heavy (non-hydrogen) atoms. The Bertz CT molecular complexity index is 338. The van der Waals surface area contributed by atoms with Crippen LogP contribution < -0.4 is 11.1 Å². The lowest BCUT2D eigenvalue weighted by atomic mass is 9.94. The highest BCUT2D eigenvalue weighted by atomic mass is 16.4. The molecule has 0 saturated carbocycles. The molecular weight excluding hydrogens is 250 g/mol. The van der Waals surface area contributed by atoms with Crippen LogP contribution in [0.5, 0.6) is 0 Å². The molecule has 7 nitrogen and oxygen atoms in total. The molecule has 1 fully saturated rings. The summed E-state index contributed by atoms with van der Waals surface area (Å²) in [7, 11) is 0. The summed E-state index contributed by atoms with van der Waals surface area (Å²) >= 11 is 0. The Labute approximate surface area is 112 Å². The van der Waals surface area contributed by atoms with Crippen LogP contribution in [0.3, 0.4) is 0 Å². The first-order valence-electron chi connectivity index (χ1n) is 6.52. The van der Waals surface area contributed by atoms with E-state index in [1.807, 2.05) is 0 Å². The molecular formula is C12H21N3O4. The van der Waals surface area contributed by atoms with Crippen molar-refractivity contribution < 1.29 is 19.5 Å². The number of urea groups is 1. The fraction of sp³-hybridized carbons (Fsp3) is 0.750. The van der Waals surface area contributed by atoms with Crippen molar-refractivity contribution in [2.24, 2.45) is 11.7 Å². The van der Waals surface area contributed by atoms with Crippen LogP contribution >= 0.6 is 0 Å². The van der Waals surface area contributed by atoms with Gasteiger partial charge in [0.15, 0.2) is 0 Å². The lowest BCUT2D eigenvalue weighted by Gasteiger charge is -2.31. The van der Waals surface area contributed by atoms with Crippen LogP contribution in [-0.2, 0) is 9.59 Å². The summed E-state index contributed by atoms with van der Waals surface area (Å²) in [4.78, 5) is 34.5. The van der Waals surface area contributed by atoms with Gasteiger partial charge in [-0.25, -0.2) is 4.79 Å². The van der Waals surface area contributed by atoms with E-state index < -0.39 is 5.97 Å². The first-order valence-corrected chi connectivity index (χ1v) is 6.52. The second-order valence-electron chi connectivity index (χ2n) is 4.83. The number of primary amides is 1. The largest absolute Gasteiger partial charge is 0.481 e. The standard InChI is InChI=1S/C12H21N3O4/c13-10(16)2-1-5-14-12(19)15-6-3-9(4-7-15)8-11(17)18/h9H,1-8H2,(H2,13,16)(H,14,19)(H,17,18). The number of likely N-dealkylation sites (tertiary alicyclic amines) is 1. The average molecular weight is 271 g/mol. The van der Waals surface area contributed by atoms with E-state index in [4.69, 9.17) is 10.8 Å². The quantitative estimate of drug-likeness (QED) is 0.597. The third-order valence-electron chi connectivity index (χ3n) is 3.24. The van der Waals surface area contributed by atoms with Crippen LogP contribution in [-0.4, -0.2) is 47.5 Å². The number of nitrogens with one attached hydrogen (secondary N) is 1. The van der Waals surface area contributed by atoms with Gasteiger partial charge >= 0.3 is 12.0 Å². The van der Waals surface area contributed by atoms with Crippen LogP contribution in [0.2, 0.25) is 0 Å². The summed E-state index contributed by atoms with van der Waals surface area (Å²) in [5, 5.41) is 11.4. The van der Waals surface area contributed by atoms with E-state index in [1.54, 1.807) is 4.90 Å². The predicted octanol–water partition coefficient (Wildman–Crippen LogP) is 0.148. The highest BCUT2D eigenvalue weighted by Crippen LogP contribution is 2.20. The minimum atomic E-state index is -0.783. The molecule has 1 rings (SSSR count). The number of carbonyl (C=O) groups excluding carboxylic acids is 2. The van der Waals surface area contributed by atoms with Crippen molar-refractivity contribution in [3.63, 3.8) is 0 Å². The number of carboxylic acid groups (broad SMARTS) is 1. The number of rotatable bonds is 6. The summed E-state index contributed by atoms with van der Waals surface area (Å²) in [5.74, 6) is -0.991. The highest BCUT2D eigenvalue weighted by molar-refractivity contribution is 5.75. The van der Waals surface area contributed by atoms with Crippen LogP contribution in [0.1, 0.15) is 32.1 Å². The zero-order chi connectivity index (χ0) is 14.3. The van der Waals surface area contributed by atoms with Gasteiger partial charge in [0.25, 0.3) is 0 Å². The minimum absolute atomic E-state index is 0.154. The molecule has 1 saturated heterocycles. The Morgan fingerprint density at radius 1 is 1.26 bits per heavy atom. The van der Waals surface area contributed by atoms with Gasteiger partial charge in [-0.15, -0.1) is 0 Å². The maximum Gasteiger partial charge on any atom is 0.317 e. The van der Waals surface area contributed by atoms with E-state index in [0.717, 1.165) is 12.8 Å². The summed E-state index contributed by atoms with van der Waals surface area (Å²) < 4.78 is 0. The lowest BCUT2D eigenvalue weighted by molar-refractivity contribution is -0.138. The molecule has 1 aliphatic heterocycles. The minimum Gasteiger partial charge on any atom is -0.481 e. The predicted molar refractivity (Wildman–Crippen MR) is 68.4 cm³/mol. The summed E-state index contributed by atoms with van der Waals surface area (Å²) in [6, 6.07) is -0.154. The van der Waals surface area contributed by atoms with Crippen LogP contribution in [0, 0.1) is 5.92 Å². The zero-order valence-corrected chi connectivity index (χ0v) is 10.9. The number of nitrogens with zero attached hydrogens (tertiary/aromatic N) is 1. The smallest absolute Gasteiger partial charge is 0.317 e. The van der Waals surface area contributed by atoms with Crippen molar-refractivity contribution in [3.8, 4) is 0 Å². The molecule has 0 aliphatic carbocycles. The Morgan fingerprint density at radius 3 is 2.42 bits per heavy atom. The number of amides is 3. The van der Waals surface area contributed by atoms with Gasteiger partial charge in [-0.1, -0.05) is 0 Å². The lowest BCUT2D eigenvalue weighted by Crippen LogP contribution is -2.45. The fourth-order valence-electron chi connectivity index (χ4n) is 2.16. The van der Waals surface area contributed by atoms with Crippen molar-refractivity contribution in [1.82, 2.24) is 10.2 Å². The van der Waals surface area contributed by atoms with E-state index in [9.17, 15) is 14.4 Å². The molecule has 0 spiro atoms. The summed E-state index contributed by atoms with van der Waals surface area (Å²) in [5.41, 5.74) is 5.00. The summed E-state index contributed by atoms with van der Waals surface area (Å²) in [6.07, 6.45) is 2.42. The van der Waals surface area contributed by atoms with Gasteiger partial charge in [0.1, 0.15) is 0 Å². The molecule has 0 unspecified atom stereocenters. The van der Waals surface area contributed by atoms with Gasteiger partial charge in [-0.2, -0.15) is 0 Å². The molecule has 7 heteroatoms. The maximum absolute atomic E-state index is 11.8. The number of carboxylic acids is 1. The third-order valence-corrected chi connectivity index (χ3v) is 3.24. The van der Waals surface area contributed by atoms with E-state index >= 15 is 0 Å². The van der Waals surface area contributed by atoms with Crippen molar-refractivity contribution in [1.29, 1.82) is 0 Å². The van der Waals surface area contributed by atoms with Crippen LogP contribution in [0.25, 0.3) is 0 Å². The van der Waals surface area contributed by atoms with Crippen LogP contribution in [0.15, 0.2) is 0 Å². The Kier molecular flexibility index (Phi) is 6.11. The van der Waals surface area contributed by atoms with Gasteiger partial charge in [-0.3, -0.25) is 9.59 Å². The molecule has 0 radical (unpaired) electrons. The average Bonchev–Trinajstić information content (AvgIpc) is 2.34. The first kappa shape index (κ1) is 15.3. The van der Waals surface area contributed by atoms with E-state index in [0.29, 0.717) is 26.1 Å². The number of carbonyl (C=O) groups is 3. The topological polar surface area (TPSA) is 113 Å². The fourth-order valence-corrected chi connectivity index (χ4v) is 2.16. The molecule has 3 amide bonds. The van der Waals surface area contributed by atoms with Crippen LogP contribution in [0.4, 0.5) is 4.79 Å². The normalized spacial score (nSPS) is 16.1. The highest BCUT2D eigenvalue weighted by Gasteiger charge is 2.23. The molecule has 0 aromatic heterocycles. The monoisotopic (exact) mass is 271 g/mol. The van der Waals surface area contributed by atoms with Crippen molar-refractivity contribution in [2.75, 3.05) is 19.6 Å². The zero-order valence-electron chi connectivity index (χ0n) is 10.9. The van der Waals surface area contributed by atoms with Gasteiger partial charge in [-0.05, 0) is 25.2 Å². The van der Waals surface area contributed by atoms with E-state index in [2.05, 4.69) is 5.32 Å². The molecule has 0 aromatic rings. The molecule has 108 valence electrons. The van der Waals surface area contributed by atoms with Crippen molar-refractivity contribution in [2.45, 2.75) is 32.1 Å². The van der Waals surface area contributed by atoms with E-state index in [-0.39, 0.29) is 30.7 Å². The molecule has 1 heterocycles. The SMILES string of the molecule is NC(=O)CCCNC(=O)N1CCC(CC(=O)O)CC1. The molecule has 0 bridgehead atoms. The number of nitrogens with two attached hydrogens (primary N) is 1. The number of aliphatic carboxylic acids is 1. The van der Waals surface area contributed by atoms with Crippen molar-refractivity contribution >= 4 is 17.9 Å². The van der Waals surface area contributed by atoms with E-state index in [1.165, 1.54) is 0 Å². The van der Waals surface area contributed by atoms with Gasteiger partial charge in [0, 0.05) is 32.5 Å². The third kappa shape index (κ3) is 6.08. The van der Waals surface area contributed by atoms with Crippen molar-refractivity contribution in [3.05, 3.63) is 0 Å². The Hall–Kier alpha value is -1.79. The van der Waals surface area contributed by atoms with Gasteiger partial charge in [0.2, 0.25) is 5.91 Å². The molecule has 1 aliphatic rings. The molecule has 4 N–H and O–H groups in total. The molecule has 0 atom stereocenters. The number of piperidine rings is 1. The maximum atomic E-state index is 11.8. The summed E-state index contributed by atoms with van der Waals surface area (Å²) in [6.45, 7) is 1.59.